The largest absolute Gasteiger partial charge is 0.388 e. The van der Waals surface area contributed by atoms with E-state index in [0.29, 0.717) is 17.8 Å². The topological polar surface area (TPSA) is 52.6 Å². The first-order valence-corrected chi connectivity index (χ1v) is 10.3. The van der Waals surface area contributed by atoms with Crippen LogP contribution in [0.25, 0.3) is 11.1 Å². The quantitative estimate of drug-likeness (QED) is 0.850. The van der Waals surface area contributed by atoms with E-state index in [2.05, 4.69) is 49.3 Å². The standard InChI is InChI=1S/C24H30N2O2/c1-15(2)9-23(27)18-6-4-5-16(10-18)17-7-8-20-21(11-17)24(28)25-12-19-13-26(3)14-22(19)20/h4-8,10-11,15,19,22-23,27H,9,12-14H2,1-3H3,(H,25,28)/t19-,22-,23?/m0/s1. The molecule has 1 unspecified atom stereocenters. The highest BCUT2D eigenvalue weighted by atomic mass is 16.3. The second-order valence-corrected chi connectivity index (χ2v) is 8.87. The summed E-state index contributed by atoms with van der Waals surface area (Å²) in [5, 5.41) is 13.6. The van der Waals surface area contributed by atoms with E-state index in [1.165, 1.54) is 5.56 Å². The second kappa shape index (κ2) is 7.69. The lowest BCUT2D eigenvalue weighted by Gasteiger charge is -2.18. The van der Waals surface area contributed by atoms with Crippen molar-refractivity contribution >= 4 is 5.91 Å². The zero-order chi connectivity index (χ0) is 19.8. The van der Waals surface area contributed by atoms with Gasteiger partial charge in [0, 0.05) is 31.1 Å². The van der Waals surface area contributed by atoms with E-state index in [4.69, 9.17) is 0 Å². The highest BCUT2D eigenvalue weighted by molar-refractivity contribution is 5.97. The number of likely N-dealkylation sites (tertiary alicyclic amines) is 1. The Morgan fingerprint density at radius 3 is 2.71 bits per heavy atom. The number of fused-ring (bicyclic) bond motifs is 3. The van der Waals surface area contributed by atoms with E-state index in [0.717, 1.165) is 48.3 Å². The Kier molecular flexibility index (Phi) is 5.26. The number of likely N-dealkylation sites (N-methyl/N-ethyl adjacent to an activating group) is 1. The van der Waals surface area contributed by atoms with Gasteiger partial charge >= 0.3 is 0 Å². The first-order chi connectivity index (χ1) is 13.4. The van der Waals surface area contributed by atoms with Gasteiger partial charge in [-0.1, -0.05) is 44.2 Å². The van der Waals surface area contributed by atoms with Gasteiger partial charge in [0.25, 0.3) is 5.91 Å². The molecule has 4 rings (SSSR count). The molecule has 0 bridgehead atoms. The van der Waals surface area contributed by atoms with Crippen LogP contribution in [0.4, 0.5) is 0 Å². The van der Waals surface area contributed by atoms with E-state index in [1.807, 2.05) is 24.3 Å². The first kappa shape index (κ1) is 19.2. The third-order valence-electron chi connectivity index (χ3n) is 6.15. The fourth-order valence-corrected chi connectivity index (χ4v) is 4.73. The molecule has 2 N–H and O–H groups in total. The molecule has 1 saturated heterocycles. The molecule has 28 heavy (non-hydrogen) atoms. The van der Waals surface area contributed by atoms with Gasteiger partial charge in [-0.15, -0.1) is 0 Å². The van der Waals surface area contributed by atoms with Crippen molar-refractivity contribution in [3.8, 4) is 11.1 Å². The summed E-state index contributed by atoms with van der Waals surface area (Å²) in [5.41, 5.74) is 4.97. The van der Waals surface area contributed by atoms with Crippen LogP contribution < -0.4 is 5.32 Å². The molecule has 0 radical (unpaired) electrons. The van der Waals surface area contributed by atoms with Crippen molar-refractivity contribution in [2.75, 3.05) is 26.7 Å². The van der Waals surface area contributed by atoms with Crippen molar-refractivity contribution in [1.82, 2.24) is 10.2 Å². The molecule has 2 aliphatic rings. The Morgan fingerprint density at radius 2 is 1.93 bits per heavy atom. The zero-order valence-corrected chi connectivity index (χ0v) is 17.0. The molecule has 0 aromatic heterocycles. The fraction of sp³-hybridized carbons (Fsp3) is 0.458. The molecule has 2 aromatic rings. The molecule has 148 valence electrons. The molecular weight excluding hydrogens is 348 g/mol. The van der Waals surface area contributed by atoms with Crippen LogP contribution in [0.3, 0.4) is 0 Å². The monoisotopic (exact) mass is 378 g/mol. The summed E-state index contributed by atoms with van der Waals surface area (Å²) in [6.45, 7) is 7.01. The average molecular weight is 379 g/mol. The van der Waals surface area contributed by atoms with Gasteiger partial charge in [0.05, 0.1) is 6.10 Å². The van der Waals surface area contributed by atoms with Crippen LogP contribution in [0.2, 0.25) is 0 Å². The van der Waals surface area contributed by atoms with Gasteiger partial charge in [0.1, 0.15) is 0 Å². The van der Waals surface area contributed by atoms with E-state index < -0.39 is 6.10 Å². The van der Waals surface area contributed by atoms with E-state index >= 15 is 0 Å². The predicted octanol–water partition coefficient (Wildman–Crippen LogP) is 3.82. The van der Waals surface area contributed by atoms with Crippen LogP contribution in [0, 0.1) is 11.8 Å². The maximum atomic E-state index is 12.7. The zero-order valence-electron chi connectivity index (χ0n) is 17.0. The summed E-state index contributed by atoms with van der Waals surface area (Å²) in [6.07, 6.45) is 0.283. The lowest BCUT2D eigenvalue weighted by molar-refractivity contribution is 0.0951. The predicted molar refractivity (Wildman–Crippen MR) is 112 cm³/mol. The molecule has 0 saturated carbocycles. The number of benzene rings is 2. The van der Waals surface area contributed by atoms with Crippen molar-refractivity contribution in [3.63, 3.8) is 0 Å². The Balaban J connectivity index is 1.69. The van der Waals surface area contributed by atoms with Crippen molar-refractivity contribution in [1.29, 1.82) is 0 Å². The van der Waals surface area contributed by atoms with Crippen LogP contribution >= 0.6 is 0 Å². The summed E-state index contributed by atoms with van der Waals surface area (Å²) in [6, 6.07) is 14.4. The van der Waals surface area contributed by atoms with Gasteiger partial charge in [-0.05, 0) is 59.7 Å². The van der Waals surface area contributed by atoms with Gasteiger partial charge in [-0.25, -0.2) is 0 Å². The van der Waals surface area contributed by atoms with Crippen LogP contribution in [-0.4, -0.2) is 42.6 Å². The number of carbonyl (C=O) groups is 1. The highest BCUT2D eigenvalue weighted by Gasteiger charge is 2.36. The van der Waals surface area contributed by atoms with Gasteiger partial charge in [0.15, 0.2) is 0 Å². The first-order valence-electron chi connectivity index (χ1n) is 10.3. The normalized spacial score (nSPS) is 23.1. The maximum Gasteiger partial charge on any atom is 0.251 e. The van der Waals surface area contributed by atoms with Crippen LogP contribution in [0.1, 0.15) is 53.8 Å². The Labute approximate surface area is 167 Å². The summed E-state index contributed by atoms with van der Waals surface area (Å²) in [4.78, 5) is 15.1. The molecule has 2 aromatic carbocycles. The number of amides is 1. The van der Waals surface area contributed by atoms with E-state index in [9.17, 15) is 9.90 Å². The third kappa shape index (κ3) is 3.71. The second-order valence-electron chi connectivity index (χ2n) is 8.87. The van der Waals surface area contributed by atoms with E-state index in [1.54, 1.807) is 0 Å². The molecule has 2 heterocycles. The summed E-state index contributed by atoms with van der Waals surface area (Å²) < 4.78 is 0. The number of aliphatic hydroxyl groups is 1. The number of nitrogens with zero attached hydrogens (tertiary/aromatic N) is 1. The third-order valence-corrected chi connectivity index (χ3v) is 6.15. The van der Waals surface area contributed by atoms with Crippen molar-refractivity contribution < 1.29 is 9.90 Å². The maximum absolute atomic E-state index is 12.7. The SMILES string of the molecule is CC(C)CC(O)c1cccc(-c2ccc3c(c2)C(=O)NC[C@H]2CN(C)C[C@H]32)c1. The van der Waals surface area contributed by atoms with E-state index in [-0.39, 0.29) is 5.91 Å². The number of carbonyl (C=O) groups excluding carboxylic acids is 1. The average Bonchev–Trinajstić information content (AvgIpc) is 3.00. The summed E-state index contributed by atoms with van der Waals surface area (Å²) >= 11 is 0. The molecule has 3 atom stereocenters. The number of nitrogens with one attached hydrogen (secondary N) is 1. The summed E-state index contributed by atoms with van der Waals surface area (Å²) in [5.74, 6) is 1.36. The lowest BCUT2D eigenvalue weighted by Crippen LogP contribution is -2.29. The van der Waals surface area contributed by atoms with Gasteiger partial charge < -0.3 is 15.3 Å². The minimum atomic E-state index is -0.459. The van der Waals surface area contributed by atoms with Crippen molar-refractivity contribution in [2.24, 2.45) is 11.8 Å². The number of hydrogen-bond donors (Lipinski definition) is 2. The molecule has 4 heteroatoms. The number of aliphatic hydroxyl groups excluding tert-OH is 1. The van der Waals surface area contributed by atoms with Gasteiger partial charge in [-0.3, -0.25) is 4.79 Å². The van der Waals surface area contributed by atoms with Crippen LogP contribution in [0.5, 0.6) is 0 Å². The van der Waals surface area contributed by atoms with Crippen molar-refractivity contribution in [2.45, 2.75) is 32.3 Å². The Hall–Kier alpha value is -2.17. The minimum Gasteiger partial charge on any atom is -0.388 e. The van der Waals surface area contributed by atoms with Gasteiger partial charge in [0.2, 0.25) is 0 Å². The lowest BCUT2D eigenvalue weighted by atomic mass is 9.86. The smallest absolute Gasteiger partial charge is 0.251 e. The van der Waals surface area contributed by atoms with Gasteiger partial charge in [-0.2, -0.15) is 0 Å². The molecule has 1 fully saturated rings. The molecule has 0 aliphatic carbocycles. The Bertz CT molecular complexity index is 877. The van der Waals surface area contributed by atoms with Crippen molar-refractivity contribution in [3.05, 3.63) is 59.2 Å². The minimum absolute atomic E-state index is 0.0323. The molecule has 4 nitrogen and oxygen atoms in total. The fourth-order valence-electron chi connectivity index (χ4n) is 4.73. The summed E-state index contributed by atoms with van der Waals surface area (Å²) in [7, 11) is 2.15. The molecule has 0 spiro atoms. The number of hydrogen-bond acceptors (Lipinski definition) is 3. The molecule has 1 amide bonds. The highest BCUT2D eigenvalue weighted by Crippen LogP contribution is 2.37. The van der Waals surface area contributed by atoms with Crippen LogP contribution in [0.15, 0.2) is 42.5 Å². The number of rotatable bonds is 4. The molecular formula is C24H30N2O2. The molecule has 2 aliphatic heterocycles. The van der Waals surface area contributed by atoms with Crippen LogP contribution in [-0.2, 0) is 0 Å². The Morgan fingerprint density at radius 1 is 1.14 bits per heavy atom.